The highest BCUT2D eigenvalue weighted by Crippen LogP contribution is 2.22. The van der Waals surface area contributed by atoms with E-state index in [0.717, 1.165) is 0 Å². The third-order valence-electron chi connectivity index (χ3n) is 3.01. The number of nitrogens with two attached hydrogens (primary N) is 1. The Morgan fingerprint density at radius 1 is 1.37 bits per heavy atom. The van der Waals surface area contributed by atoms with E-state index in [9.17, 15) is 4.79 Å². The first-order valence-corrected chi connectivity index (χ1v) is 6.20. The number of halogens is 1. The zero-order chi connectivity index (χ0) is 13.3. The van der Waals surface area contributed by atoms with Gasteiger partial charge in [-0.1, -0.05) is 0 Å². The maximum absolute atomic E-state index is 12.4. The Hall–Kier alpha value is -1.26. The number of hydrogen-bond donors (Lipinski definition) is 1. The van der Waals surface area contributed by atoms with Crippen molar-refractivity contribution < 1.29 is 9.53 Å². The van der Waals surface area contributed by atoms with Crippen molar-refractivity contribution in [2.45, 2.75) is 32.5 Å². The number of morpholine rings is 1. The number of carbonyl (C=O) groups excluding carboxylic acids is 1. The Bertz CT molecular complexity index is 445. The molecule has 2 N–H and O–H groups in total. The van der Waals surface area contributed by atoms with Gasteiger partial charge in [0.15, 0.2) is 0 Å². The maximum atomic E-state index is 12.4. The fourth-order valence-electron chi connectivity index (χ4n) is 2.42. The molecule has 0 aliphatic carbocycles. The van der Waals surface area contributed by atoms with Crippen LogP contribution < -0.4 is 5.73 Å². The molecule has 1 unspecified atom stereocenters. The second-order valence-electron chi connectivity index (χ2n) is 5.50. The summed E-state index contributed by atoms with van der Waals surface area (Å²) >= 11 is 0. The van der Waals surface area contributed by atoms with Gasteiger partial charge in [-0.15, -0.1) is 12.4 Å². The van der Waals surface area contributed by atoms with Crippen molar-refractivity contribution in [1.82, 2.24) is 4.90 Å². The van der Waals surface area contributed by atoms with Crippen LogP contribution in [0.1, 0.15) is 31.1 Å². The minimum Gasteiger partial charge on any atom is -0.399 e. The van der Waals surface area contributed by atoms with Gasteiger partial charge in [-0.25, -0.2) is 0 Å². The number of rotatable bonds is 1. The number of nitrogen functional groups attached to an aromatic ring is 1. The molecule has 0 spiro atoms. The van der Waals surface area contributed by atoms with Crippen LogP contribution in [0.4, 0.5) is 5.69 Å². The van der Waals surface area contributed by atoms with Crippen LogP contribution in [0, 0.1) is 0 Å². The molecule has 106 valence electrons. The molecule has 4 nitrogen and oxygen atoms in total. The van der Waals surface area contributed by atoms with Crippen LogP contribution in [0.25, 0.3) is 0 Å². The summed E-state index contributed by atoms with van der Waals surface area (Å²) in [5.74, 6) is 0.0400. The second-order valence-corrected chi connectivity index (χ2v) is 5.50. The highest BCUT2D eigenvalue weighted by Gasteiger charge is 2.33. The van der Waals surface area contributed by atoms with E-state index in [1.54, 1.807) is 24.3 Å². The van der Waals surface area contributed by atoms with Gasteiger partial charge in [0.2, 0.25) is 0 Å². The topological polar surface area (TPSA) is 55.6 Å². The van der Waals surface area contributed by atoms with Crippen molar-refractivity contribution >= 4 is 24.0 Å². The van der Waals surface area contributed by atoms with E-state index in [1.807, 2.05) is 25.7 Å². The Balaban J connectivity index is 0.00000180. The molecule has 1 atom stereocenters. The van der Waals surface area contributed by atoms with Gasteiger partial charge < -0.3 is 15.4 Å². The van der Waals surface area contributed by atoms with Crippen LogP contribution >= 0.6 is 12.4 Å². The summed E-state index contributed by atoms with van der Waals surface area (Å²) in [5.41, 5.74) is 6.68. The quantitative estimate of drug-likeness (QED) is 0.805. The second kappa shape index (κ2) is 5.80. The minimum atomic E-state index is -0.291. The molecule has 0 radical (unpaired) electrons. The minimum absolute atomic E-state index is 0. The Kier molecular flexibility index (Phi) is 4.82. The van der Waals surface area contributed by atoms with Gasteiger partial charge in [-0.3, -0.25) is 4.79 Å². The molecule has 0 aromatic heterocycles. The molecule has 1 aromatic rings. The largest absolute Gasteiger partial charge is 0.399 e. The van der Waals surface area contributed by atoms with Gasteiger partial charge in [0.05, 0.1) is 11.7 Å². The lowest BCUT2D eigenvalue weighted by Crippen LogP contribution is -2.53. The molecular weight excluding hydrogens is 264 g/mol. The monoisotopic (exact) mass is 284 g/mol. The average molecular weight is 285 g/mol. The number of anilines is 1. The molecule has 19 heavy (non-hydrogen) atoms. The fraction of sp³-hybridized carbons (Fsp3) is 0.500. The number of hydrogen-bond acceptors (Lipinski definition) is 3. The molecule has 1 heterocycles. The van der Waals surface area contributed by atoms with Crippen molar-refractivity contribution in [3.8, 4) is 0 Å². The van der Waals surface area contributed by atoms with E-state index in [0.29, 0.717) is 24.3 Å². The molecule has 1 amide bonds. The Labute approximate surface area is 120 Å². The lowest BCUT2D eigenvalue weighted by Gasteiger charge is -2.41. The molecule has 2 rings (SSSR count). The molecule has 1 fully saturated rings. The predicted octanol–water partition coefficient (Wildman–Crippen LogP) is 2.33. The third kappa shape index (κ3) is 3.85. The lowest BCUT2D eigenvalue weighted by atomic mass is 10.0. The predicted molar refractivity (Wildman–Crippen MR) is 78.6 cm³/mol. The summed E-state index contributed by atoms with van der Waals surface area (Å²) in [6.45, 7) is 7.25. The van der Waals surface area contributed by atoms with Gasteiger partial charge >= 0.3 is 0 Å². The number of nitrogens with zero attached hydrogens (tertiary/aromatic N) is 1. The van der Waals surface area contributed by atoms with Crippen molar-refractivity contribution in [3.63, 3.8) is 0 Å². The molecule has 1 aliphatic rings. The van der Waals surface area contributed by atoms with E-state index >= 15 is 0 Å². The van der Waals surface area contributed by atoms with E-state index in [4.69, 9.17) is 10.5 Å². The van der Waals surface area contributed by atoms with Crippen molar-refractivity contribution in [2.75, 3.05) is 18.8 Å². The zero-order valence-corrected chi connectivity index (χ0v) is 12.4. The van der Waals surface area contributed by atoms with E-state index in [1.165, 1.54) is 0 Å². The number of amides is 1. The Morgan fingerprint density at radius 3 is 2.47 bits per heavy atom. The third-order valence-corrected chi connectivity index (χ3v) is 3.01. The molecule has 1 aliphatic heterocycles. The summed E-state index contributed by atoms with van der Waals surface area (Å²) in [6, 6.07) is 7.04. The van der Waals surface area contributed by atoms with Gasteiger partial charge in [0.25, 0.3) is 5.91 Å². The summed E-state index contributed by atoms with van der Waals surface area (Å²) < 4.78 is 5.80. The number of benzene rings is 1. The van der Waals surface area contributed by atoms with Crippen molar-refractivity contribution in [2.24, 2.45) is 0 Å². The van der Waals surface area contributed by atoms with Gasteiger partial charge in [0.1, 0.15) is 0 Å². The summed E-state index contributed by atoms with van der Waals surface area (Å²) in [5, 5.41) is 0. The van der Waals surface area contributed by atoms with Crippen LogP contribution in [-0.4, -0.2) is 35.6 Å². The standard InChI is InChI=1S/C14H20N2O2.ClH/c1-10-8-16(9-14(2,3)18-10)13(17)11-4-6-12(15)7-5-11;/h4-7,10H,8-9,15H2,1-3H3;1H. The van der Waals surface area contributed by atoms with Gasteiger partial charge in [0, 0.05) is 24.3 Å². The number of carbonyl (C=O) groups is 1. The first kappa shape index (κ1) is 15.8. The van der Waals surface area contributed by atoms with Crippen LogP contribution in [0.2, 0.25) is 0 Å². The highest BCUT2D eigenvalue weighted by atomic mass is 35.5. The summed E-state index contributed by atoms with van der Waals surface area (Å²) in [4.78, 5) is 14.2. The molecule has 1 saturated heterocycles. The maximum Gasteiger partial charge on any atom is 0.254 e. The molecule has 0 bridgehead atoms. The van der Waals surface area contributed by atoms with E-state index < -0.39 is 0 Å². The van der Waals surface area contributed by atoms with Crippen molar-refractivity contribution in [1.29, 1.82) is 0 Å². The lowest BCUT2D eigenvalue weighted by molar-refractivity contribution is -0.118. The van der Waals surface area contributed by atoms with Crippen LogP contribution in [0.15, 0.2) is 24.3 Å². The average Bonchev–Trinajstić information content (AvgIpc) is 2.26. The smallest absolute Gasteiger partial charge is 0.254 e. The van der Waals surface area contributed by atoms with E-state index in [-0.39, 0.29) is 30.0 Å². The summed E-state index contributed by atoms with van der Waals surface area (Å²) in [6.07, 6.45) is 0.0616. The molecular formula is C14H21ClN2O2. The fourth-order valence-corrected chi connectivity index (χ4v) is 2.42. The van der Waals surface area contributed by atoms with Gasteiger partial charge in [-0.2, -0.15) is 0 Å². The van der Waals surface area contributed by atoms with Gasteiger partial charge in [-0.05, 0) is 45.0 Å². The SMILES string of the molecule is CC1CN(C(=O)c2ccc(N)cc2)CC(C)(C)O1.Cl. The Morgan fingerprint density at radius 2 is 1.95 bits per heavy atom. The highest BCUT2D eigenvalue weighted by molar-refractivity contribution is 5.94. The van der Waals surface area contributed by atoms with Crippen LogP contribution in [0.5, 0.6) is 0 Å². The van der Waals surface area contributed by atoms with Crippen LogP contribution in [0.3, 0.4) is 0 Å². The van der Waals surface area contributed by atoms with Crippen molar-refractivity contribution in [3.05, 3.63) is 29.8 Å². The normalized spacial score (nSPS) is 21.6. The molecule has 5 heteroatoms. The first-order valence-electron chi connectivity index (χ1n) is 6.20. The molecule has 0 saturated carbocycles. The van der Waals surface area contributed by atoms with Crippen LogP contribution in [-0.2, 0) is 4.74 Å². The number of ether oxygens (including phenoxy) is 1. The zero-order valence-electron chi connectivity index (χ0n) is 11.6. The summed E-state index contributed by atoms with van der Waals surface area (Å²) in [7, 11) is 0. The first-order chi connectivity index (χ1) is 8.37. The molecule has 1 aromatic carbocycles. The van der Waals surface area contributed by atoms with E-state index in [2.05, 4.69) is 0 Å².